The van der Waals surface area contributed by atoms with Crippen molar-refractivity contribution < 1.29 is 19.2 Å². The first-order valence-corrected chi connectivity index (χ1v) is 7.06. The summed E-state index contributed by atoms with van der Waals surface area (Å²) in [6.07, 6.45) is 0.274. The Hall–Kier alpha value is -1.63. The third kappa shape index (κ3) is 4.19. The average molecular weight is 346 g/mol. The van der Waals surface area contributed by atoms with E-state index in [1.165, 1.54) is 12.1 Å². The molecule has 1 rings (SSSR count). The van der Waals surface area contributed by atoms with Crippen LogP contribution in [0, 0.1) is 10.1 Å². The van der Waals surface area contributed by atoms with Crippen molar-refractivity contribution in [2.45, 2.75) is 32.8 Å². The largest absolute Gasteiger partial charge is 0.471 e. The molecule has 0 saturated heterocycles. The molecule has 20 heavy (non-hydrogen) atoms. The Morgan fingerprint density at radius 3 is 2.70 bits per heavy atom. The standard InChI is InChI=1S/C13H16BrNO5/c1-3-6-11(13(16)19-4-2)20-12-9(14)7-5-8-10(12)15(17)18/h5,7-8,11H,3-4,6H2,1-2H3. The molecule has 0 fully saturated rings. The van der Waals surface area contributed by atoms with E-state index in [0.717, 1.165) is 0 Å². The highest BCUT2D eigenvalue weighted by atomic mass is 79.9. The van der Waals surface area contributed by atoms with E-state index in [4.69, 9.17) is 9.47 Å². The van der Waals surface area contributed by atoms with Gasteiger partial charge < -0.3 is 9.47 Å². The molecule has 1 aromatic carbocycles. The highest BCUT2D eigenvalue weighted by Gasteiger charge is 2.26. The SMILES string of the molecule is CCCC(Oc1c(Br)cccc1[N+](=O)[O-])C(=O)OCC. The lowest BCUT2D eigenvalue weighted by molar-refractivity contribution is -0.386. The van der Waals surface area contributed by atoms with Gasteiger partial charge >= 0.3 is 11.7 Å². The molecule has 0 amide bonds. The minimum atomic E-state index is -0.850. The number of para-hydroxylation sites is 1. The lowest BCUT2D eigenvalue weighted by Gasteiger charge is -2.17. The van der Waals surface area contributed by atoms with E-state index in [0.29, 0.717) is 17.3 Å². The minimum absolute atomic E-state index is 0.0454. The van der Waals surface area contributed by atoms with Gasteiger partial charge in [-0.15, -0.1) is 0 Å². The number of esters is 1. The maximum Gasteiger partial charge on any atom is 0.347 e. The molecule has 0 N–H and O–H groups in total. The maximum absolute atomic E-state index is 11.8. The van der Waals surface area contributed by atoms with Crippen LogP contribution in [0.25, 0.3) is 0 Å². The number of halogens is 1. The fourth-order valence-electron chi connectivity index (χ4n) is 1.62. The molecule has 1 atom stereocenters. The van der Waals surface area contributed by atoms with Gasteiger partial charge in [0.1, 0.15) is 0 Å². The van der Waals surface area contributed by atoms with Gasteiger partial charge in [0, 0.05) is 6.07 Å². The van der Waals surface area contributed by atoms with E-state index in [1.54, 1.807) is 13.0 Å². The fourth-order valence-corrected chi connectivity index (χ4v) is 2.07. The molecule has 1 unspecified atom stereocenters. The van der Waals surface area contributed by atoms with Gasteiger partial charge in [-0.3, -0.25) is 10.1 Å². The van der Waals surface area contributed by atoms with Crippen molar-refractivity contribution in [2.75, 3.05) is 6.61 Å². The second-order valence-corrected chi connectivity index (χ2v) is 4.85. The van der Waals surface area contributed by atoms with Crippen LogP contribution < -0.4 is 4.74 Å². The summed E-state index contributed by atoms with van der Waals surface area (Å²) in [6, 6.07) is 4.49. The number of rotatable bonds is 7. The molecule has 110 valence electrons. The highest BCUT2D eigenvalue weighted by molar-refractivity contribution is 9.10. The number of hydrogen-bond donors (Lipinski definition) is 0. The van der Waals surface area contributed by atoms with Gasteiger partial charge in [-0.1, -0.05) is 19.4 Å². The van der Waals surface area contributed by atoms with Gasteiger partial charge in [-0.25, -0.2) is 4.79 Å². The Labute approximate surface area is 125 Å². The summed E-state index contributed by atoms with van der Waals surface area (Å²) in [5.74, 6) is -0.469. The van der Waals surface area contributed by atoms with Gasteiger partial charge in [0.15, 0.2) is 6.10 Å². The molecule has 0 saturated carbocycles. The Bertz CT molecular complexity index is 492. The summed E-state index contributed by atoms with van der Waals surface area (Å²) in [7, 11) is 0. The molecule has 0 spiro atoms. The van der Waals surface area contributed by atoms with Crippen molar-refractivity contribution in [3.63, 3.8) is 0 Å². The zero-order valence-electron chi connectivity index (χ0n) is 11.3. The Balaban J connectivity index is 3.04. The fraction of sp³-hybridized carbons (Fsp3) is 0.462. The molecule has 0 aliphatic heterocycles. The van der Waals surface area contributed by atoms with Gasteiger partial charge in [0.2, 0.25) is 5.75 Å². The first kappa shape index (κ1) is 16.4. The van der Waals surface area contributed by atoms with Crippen LogP contribution in [-0.4, -0.2) is 23.6 Å². The summed E-state index contributed by atoms with van der Waals surface area (Å²) in [4.78, 5) is 22.2. The Morgan fingerprint density at radius 2 is 2.15 bits per heavy atom. The summed E-state index contributed by atoms with van der Waals surface area (Å²) < 4.78 is 10.9. The van der Waals surface area contributed by atoms with Crippen molar-refractivity contribution >= 4 is 27.6 Å². The first-order valence-electron chi connectivity index (χ1n) is 6.27. The minimum Gasteiger partial charge on any atom is -0.471 e. The number of carbonyl (C=O) groups excluding carboxylic acids is 1. The van der Waals surface area contributed by atoms with Crippen LogP contribution in [0.5, 0.6) is 5.75 Å². The van der Waals surface area contributed by atoms with E-state index in [-0.39, 0.29) is 18.0 Å². The highest BCUT2D eigenvalue weighted by Crippen LogP contribution is 2.35. The lowest BCUT2D eigenvalue weighted by Crippen LogP contribution is -2.29. The van der Waals surface area contributed by atoms with E-state index in [2.05, 4.69) is 15.9 Å². The number of nitro groups is 1. The smallest absolute Gasteiger partial charge is 0.347 e. The monoisotopic (exact) mass is 345 g/mol. The molecule has 0 aliphatic carbocycles. The normalized spacial score (nSPS) is 11.8. The summed E-state index contributed by atoms with van der Waals surface area (Å²) >= 11 is 3.20. The summed E-state index contributed by atoms with van der Waals surface area (Å²) in [6.45, 7) is 3.83. The van der Waals surface area contributed by atoms with Crippen molar-refractivity contribution in [1.29, 1.82) is 0 Å². The molecule has 0 radical (unpaired) electrons. The predicted octanol–water partition coefficient (Wildman–Crippen LogP) is 3.47. The maximum atomic E-state index is 11.8. The van der Waals surface area contributed by atoms with Crippen molar-refractivity contribution in [1.82, 2.24) is 0 Å². The summed E-state index contributed by atoms with van der Waals surface area (Å²) in [5.41, 5.74) is -0.190. The number of nitro benzene ring substituents is 1. The molecule has 1 aromatic rings. The Kier molecular flexibility index (Phi) is 6.44. The van der Waals surface area contributed by atoms with Gasteiger partial charge in [0.25, 0.3) is 0 Å². The van der Waals surface area contributed by atoms with Crippen molar-refractivity contribution in [2.24, 2.45) is 0 Å². The topological polar surface area (TPSA) is 78.7 Å². The summed E-state index contributed by atoms with van der Waals surface area (Å²) in [5, 5.41) is 11.0. The quantitative estimate of drug-likeness (QED) is 0.429. The Morgan fingerprint density at radius 1 is 1.45 bits per heavy atom. The lowest BCUT2D eigenvalue weighted by atomic mass is 10.2. The van der Waals surface area contributed by atoms with E-state index in [9.17, 15) is 14.9 Å². The molecular weight excluding hydrogens is 330 g/mol. The van der Waals surface area contributed by atoms with Gasteiger partial charge in [-0.2, -0.15) is 0 Å². The average Bonchev–Trinajstić information content (AvgIpc) is 2.40. The van der Waals surface area contributed by atoms with Crippen molar-refractivity contribution in [3.05, 3.63) is 32.8 Å². The number of benzene rings is 1. The number of hydrogen-bond acceptors (Lipinski definition) is 5. The second-order valence-electron chi connectivity index (χ2n) is 3.99. The molecule has 7 heteroatoms. The van der Waals surface area contributed by atoms with Gasteiger partial charge in [-0.05, 0) is 35.3 Å². The molecule has 0 heterocycles. The third-order valence-corrected chi connectivity index (χ3v) is 3.13. The predicted molar refractivity (Wildman–Crippen MR) is 76.8 cm³/mol. The number of nitrogens with zero attached hydrogens (tertiary/aromatic N) is 1. The molecule has 0 aliphatic rings. The van der Waals surface area contributed by atoms with Crippen LogP contribution in [0.15, 0.2) is 22.7 Å². The van der Waals surface area contributed by atoms with Crippen LogP contribution in [0.3, 0.4) is 0 Å². The van der Waals surface area contributed by atoms with Crippen LogP contribution >= 0.6 is 15.9 Å². The van der Waals surface area contributed by atoms with Crippen LogP contribution in [0.2, 0.25) is 0 Å². The van der Waals surface area contributed by atoms with Crippen LogP contribution in [0.4, 0.5) is 5.69 Å². The van der Waals surface area contributed by atoms with Crippen molar-refractivity contribution in [3.8, 4) is 5.75 Å². The molecule has 0 aromatic heterocycles. The zero-order chi connectivity index (χ0) is 15.1. The number of carbonyl (C=O) groups is 1. The van der Waals surface area contributed by atoms with Crippen LogP contribution in [-0.2, 0) is 9.53 Å². The van der Waals surface area contributed by atoms with Gasteiger partial charge in [0.05, 0.1) is 16.0 Å². The second kappa shape index (κ2) is 7.84. The third-order valence-electron chi connectivity index (χ3n) is 2.50. The van der Waals surface area contributed by atoms with E-state index in [1.807, 2.05) is 6.92 Å². The van der Waals surface area contributed by atoms with E-state index >= 15 is 0 Å². The number of ether oxygens (including phenoxy) is 2. The first-order chi connectivity index (χ1) is 9.51. The van der Waals surface area contributed by atoms with Crippen LogP contribution in [0.1, 0.15) is 26.7 Å². The molecule has 6 nitrogen and oxygen atoms in total. The van der Waals surface area contributed by atoms with E-state index < -0.39 is 17.0 Å². The zero-order valence-corrected chi connectivity index (χ0v) is 12.9. The molecular formula is C13H16BrNO5. The molecule has 0 bridgehead atoms.